The van der Waals surface area contributed by atoms with Gasteiger partial charge in [0, 0.05) is 18.0 Å². The molecule has 0 saturated carbocycles. The van der Waals surface area contributed by atoms with Crippen LogP contribution in [0.15, 0.2) is 176 Å². The van der Waals surface area contributed by atoms with Crippen LogP contribution in [-0.4, -0.2) is 4.98 Å². The van der Waals surface area contributed by atoms with Gasteiger partial charge in [0.1, 0.15) is 0 Å². The molecule has 1 heterocycles. The summed E-state index contributed by atoms with van der Waals surface area (Å²) in [5, 5.41) is 15.2. The first-order chi connectivity index (χ1) is 23.8. The molecule has 0 atom stereocenters. The number of aromatic nitrogens is 1. The van der Waals surface area contributed by atoms with Crippen LogP contribution in [0.1, 0.15) is 0 Å². The predicted molar refractivity (Wildman–Crippen MR) is 206 cm³/mol. The molecule has 0 spiro atoms. The minimum atomic E-state index is 1.12. The van der Waals surface area contributed by atoms with Crippen molar-refractivity contribution >= 4 is 64.6 Å². The number of benzene rings is 9. The number of nitrogens with zero attached hydrogens (tertiary/aromatic N) is 1. The SMILES string of the molecule is c1ccc(-c2c3ccccc3c(-c3ccccc3)c3cc4c5cc6ccccc6cc5c5cc(-c6cccnc6)ccc5c4cc23)cc1. The first-order valence-electron chi connectivity index (χ1n) is 16.5. The molecule has 9 aromatic carbocycles. The van der Waals surface area contributed by atoms with E-state index < -0.39 is 0 Å². The summed E-state index contributed by atoms with van der Waals surface area (Å²) in [5.74, 6) is 0. The van der Waals surface area contributed by atoms with E-state index in [-0.39, 0.29) is 0 Å². The average Bonchev–Trinajstić information content (AvgIpc) is 3.16. The molecule has 0 amide bonds. The van der Waals surface area contributed by atoms with Crippen molar-refractivity contribution in [2.45, 2.75) is 0 Å². The molecule has 0 saturated heterocycles. The second kappa shape index (κ2) is 10.6. The van der Waals surface area contributed by atoms with Gasteiger partial charge in [-0.05, 0) is 129 Å². The molecule has 0 aliphatic heterocycles. The molecule has 1 aromatic heterocycles. The highest BCUT2D eigenvalue weighted by Crippen LogP contribution is 2.47. The average molecular weight is 608 g/mol. The van der Waals surface area contributed by atoms with Gasteiger partial charge in [0.2, 0.25) is 0 Å². The summed E-state index contributed by atoms with van der Waals surface area (Å²) in [5.41, 5.74) is 7.32. The molecule has 1 heteroatoms. The van der Waals surface area contributed by atoms with Crippen LogP contribution in [-0.2, 0) is 0 Å². The van der Waals surface area contributed by atoms with Crippen LogP contribution < -0.4 is 0 Å². The quantitative estimate of drug-likeness (QED) is 0.144. The largest absolute Gasteiger partial charge is 0.264 e. The van der Waals surface area contributed by atoms with Crippen LogP contribution in [0.5, 0.6) is 0 Å². The lowest BCUT2D eigenvalue weighted by atomic mass is 9.83. The molecule has 222 valence electrons. The Hall–Kier alpha value is -6.31. The maximum absolute atomic E-state index is 4.43. The minimum Gasteiger partial charge on any atom is -0.264 e. The monoisotopic (exact) mass is 607 g/mol. The van der Waals surface area contributed by atoms with E-state index >= 15 is 0 Å². The highest BCUT2D eigenvalue weighted by molar-refractivity contribution is 6.32. The summed E-state index contributed by atoms with van der Waals surface area (Å²) >= 11 is 0. The van der Waals surface area contributed by atoms with E-state index in [1.165, 1.54) is 92.5 Å². The molecule has 0 radical (unpaired) electrons. The molecule has 0 N–H and O–H groups in total. The molecule has 10 aromatic rings. The van der Waals surface area contributed by atoms with Gasteiger partial charge >= 0.3 is 0 Å². The Labute approximate surface area is 278 Å². The Kier molecular flexibility index (Phi) is 5.94. The highest BCUT2D eigenvalue weighted by Gasteiger charge is 2.20. The number of fused-ring (bicyclic) bond motifs is 9. The van der Waals surface area contributed by atoms with Crippen LogP contribution >= 0.6 is 0 Å². The molecule has 0 aliphatic carbocycles. The molecular weight excluding hydrogens is 579 g/mol. The lowest BCUT2D eigenvalue weighted by Gasteiger charge is -2.20. The molecule has 10 rings (SSSR count). The number of rotatable bonds is 3. The van der Waals surface area contributed by atoms with Crippen LogP contribution in [0.4, 0.5) is 0 Å². The van der Waals surface area contributed by atoms with Gasteiger partial charge in [-0.1, -0.05) is 127 Å². The zero-order chi connectivity index (χ0) is 31.6. The van der Waals surface area contributed by atoms with Crippen molar-refractivity contribution in [2.24, 2.45) is 0 Å². The molecule has 0 fully saturated rings. The maximum Gasteiger partial charge on any atom is 0.0346 e. The molecule has 48 heavy (non-hydrogen) atoms. The van der Waals surface area contributed by atoms with Crippen molar-refractivity contribution in [1.29, 1.82) is 0 Å². The first kappa shape index (κ1) is 26.9. The number of pyridine rings is 1. The second-order valence-electron chi connectivity index (χ2n) is 12.7. The van der Waals surface area contributed by atoms with Crippen LogP contribution in [0.3, 0.4) is 0 Å². The Balaban J connectivity index is 1.45. The van der Waals surface area contributed by atoms with Crippen LogP contribution in [0.25, 0.3) is 98.0 Å². The van der Waals surface area contributed by atoms with E-state index in [1.807, 2.05) is 18.5 Å². The van der Waals surface area contributed by atoms with E-state index in [0.717, 1.165) is 5.56 Å². The van der Waals surface area contributed by atoms with Crippen molar-refractivity contribution in [3.05, 3.63) is 176 Å². The number of hydrogen-bond acceptors (Lipinski definition) is 1. The van der Waals surface area contributed by atoms with E-state index in [0.29, 0.717) is 0 Å². The summed E-state index contributed by atoms with van der Waals surface area (Å²) in [4.78, 5) is 4.43. The zero-order valence-corrected chi connectivity index (χ0v) is 26.2. The minimum absolute atomic E-state index is 1.12. The van der Waals surface area contributed by atoms with E-state index in [1.54, 1.807) is 0 Å². The van der Waals surface area contributed by atoms with E-state index in [4.69, 9.17) is 0 Å². The first-order valence-corrected chi connectivity index (χ1v) is 16.5. The Morgan fingerprint density at radius 1 is 0.271 bits per heavy atom. The maximum atomic E-state index is 4.43. The van der Waals surface area contributed by atoms with Gasteiger partial charge in [-0.25, -0.2) is 0 Å². The van der Waals surface area contributed by atoms with Gasteiger partial charge in [-0.3, -0.25) is 4.98 Å². The van der Waals surface area contributed by atoms with Gasteiger partial charge in [0.15, 0.2) is 0 Å². The smallest absolute Gasteiger partial charge is 0.0346 e. The van der Waals surface area contributed by atoms with Crippen molar-refractivity contribution < 1.29 is 0 Å². The van der Waals surface area contributed by atoms with Gasteiger partial charge < -0.3 is 0 Å². The summed E-state index contributed by atoms with van der Waals surface area (Å²) in [6.45, 7) is 0. The fourth-order valence-corrected chi connectivity index (χ4v) is 7.90. The topological polar surface area (TPSA) is 12.9 Å². The fourth-order valence-electron chi connectivity index (χ4n) is 7.90. The summed E-state index contributed by atoms with van der Waals surface area (Å²) in [7, 11) is 0. The lowest BCUT2D eigenvalue weighted by molar-refractivity contribution is 1.33. The van der Waals surface area contributed by atoms with Crippen LogP contribution in [0, 0.1) is 0 Å². The predicted octanol–water partition coefficient (Wildman–Crippen LogP) is 13.0. The molecular formula is C47H29N. The third-order valence-electron chi connectivity index (χ3n) is 10.1. The van der Waals surface area contributed by atoms with Gasteiger partial charge in [0.05, 0.1) is 0 Å². The third kappa shape index (κ3) is 4.08. The second-order valence-corrected chi connectivity index (χ2v) is 12.7. The Bertz CT molecular complexity index is 2850. The van der Waals surface area contributed by atoms with Crippen LogP contribution in [0.2, 0.25) is 0 Å². The fraction of sp³-hybridized carbons (Fsp3) is 0. The summed E-state index contributed by atoms with van der Waals surface area (Å²) < 4.78 is 0. The summed E-state index contributed by atoms with van der Waals surface area (Å²) in [6, 6.07) is 60.3. The van der Waals surface area contributed by atoms with Crippen molar-refractivity contribution in [2.75, 3.05) is 0 Å². The Morgan fingerprint density at radius 2 is 0.750 bits per heavy atom. The van der Waals surface area contributed by atoms with Crippen molar-refractivity contribution in [3.63, 3.8) is 0 Å². The van der Waals surface area contributed by atoms with Gasteiger partial charge in [-0.2, -0.15) is 0 Å². The summed E-state index contributed by atoms with van der Waals surface area (Å²) in [6.07, 6.45) is 3.79. The Morgan fingerprint density at radius 3 is 1.31 bits per heavy atom. The van der Waals surface area contributed by atoms with Gasteiger partial charge in [0.25, 0.3) is 0 Å². The van der Waals surface area contributed by atoms with Crippen molar-refractivity contribution in [3.8, 4) is 33.4 Å². The van der Waals surface area contributed by atoms with E-state index in [9.17, 15) is 0 Å². The normalized spacial score (nSPS) is 11.8. The van der Waals surface area contributed by atoms with Gasteiger partial charge in [-0.15, -0.1) is 0 Å². The highest BCUT2D eigenvalue weighted by atomic mass is 14.6. The standard InChI is InChI=1S/C47H29N/c1-3-12-30(13-4-1)46-37-19-9-10-20-38(37)47(31-14-5-2-6-15-31)45-28-43-41-25-33-17-8-7-16-32(33)24-40(41)39-26-34(35-18-11-23-48-29-35)21-22-36(39)42(43)27-44(45)46/h1-29H. The third-order valence-corrected chi connectivity index (χ3v) is 10.1. The molecule has 0 aliphatic rings. The van der Waals surface area contributed by atoms with E-state index in [2.05, 4.69) is 163 Å². The molecule has 0 bridgehead atoms. The molecule has 0 unspecified atom stereocenters. The van der Waals surface area contributed by atoms with Crippen molar-refractivity contribution in [1.82, 2.24) is 4.98 Å². The lowest BCUT2D eigenvalue weighted by Crippen LogP contribution is -1.92. The molecule has 1 nitrogen and oxygen atoms in total. The zero-order valence-electron chi connectivity index (χ0n) is 26.2. The number of hydrogen-bond donors (Lipinski definition) is 0.